The Morgan fingerprint density at radius 2 is 1.68 bits per heavy atom. The highest BCUT2D eigenvalue weighted by molar-refractivity contribution is 6.01. The van der Waals surface area contributed by atoms with Gasteiger partial charge in [0.25, 0.3) is 5.91 Å². The van der Waals surface area contributed by atoms with Gasteiger partial charge >= 0.3 is 0 Å². The van der Waals surface area contributed by atoms with E-state index < -0.39 is 0 Å². The lowest BCUT2D eigenvalue weighted by molar-refractivity contribution is -0.0119. The average Bonchev–Trinajstić information content (AvgIpc) is 3.00. The highest BCUT2D eigenvalue weighted by Crippen LogP contribution is 2.53. The molecule has 4 saturated carbocycles. The van der Waals surface area contributed by atoms with Crippen LogP contribution in [-0.2, 0) is 0 Å². The fourth-order valence-corrected chi connectivity index (χ4v) is 5.82. The summed E-state index contributed by atoms with van der Waals surface area (Å²) in [5.41, 5.74) is 2.18. The smallest absolute Gasteiger partial charge is 0.257 e. The lowest BCUT2D eigenvalue weighted by Crippen LogP contribution is -2.55. The van der Waals surface area contributed by atoms with Crippen LogP contribution in [0, 0.1) is 30.6 Å². The summed E-state index contributed by atoms with van der Waals surface area (Å²) in [6, 6.07) is 10.1. The van der Waals surface area contributed by atoms with Gasteiger partial charge in [0.1, 0.15) is 17.0 Å². The highest BCUT2D eigenvalue weighted by Gasteiger charge is 2.48. The third-order valence-electron chi connectivity index (χ3n) is 6.66. The first-order valence-corrected chi connectivity index (χ1v) is 9.51. The molecule has 2 aromatic rings. The number of benzene rings is 1. The van der Waals surface area contributed by atoms with E-state index in [1.165, 1.54) is 32.1 Å². The summed E-state index contributed by atoms with van der Waals surface area (Å²) in [5.74, 6) is 3.73. The van der Waals surface area contributed by atoms with Crippen molar-refractivity contribution in [3.8, 4) is 11.3 Å². The second kappa shape index (κ2) is 5.72. The number of carbonyl (C=O) groups excluding carboxylic acids is 1. The van der Waals surface area contributed by atoms with Gasteiger partial charge < -0.3 is 9.84 Å². The van der Waals surface area contributed by atoms with E-state index in [0.717, 1.165) is 17.4 Å². The van der Waals surface area contributed by atoms with E-state index in [1.54, 1.807) is 0 Å². The topological polar surface area (TPSA) is 55.1 Å². The van der Waals surface area contributed by atoms with E-state index in [2.05, 4.69) is 10.5 Å². The molecular formula is C21H24N2O2. The van der Waals surface area contributed by atoms with Gasteiger partial charge in [0, 0.05) is 11.6 Å². The van der Waals surface area contributed by atoms with Crippen LogP contribution in [0.3, 0.4) is 0 Å². The zero-order valence-corrected chi connectivity index (χ0v) is 14.6. The molecule has 130 valence electrons. The van der Waals surface area contributed by atoms with Crippen LogP contribution < -0.4 is 5.32 Å². The van der Waals surface area contributed by atoms with E-state index in [0.29, 0.717) is 34.9 Å². The summed E-state index contributed by atoms with van der Waals surface area (Å²) in [5, 5.41) is 7.53. The number of amides is 1. The number of aryl methyl sites for hydroxylation is 1. The number of hydrogen-bond donors (Lipinski definition) is 1. The third-order valence-corrected chi connectivity index (χ3v) is 6.66. The van der Waals surface area contributed by atoms with Crippen LogP contribution in [0.15, 0.2) is 34.9 Å². The Hall–Kier alpha value is -2.10. The molecule has 0 aliphatic heterocycles. The van der Waals surface area contributed by atoms with Gasteiger partial charge in [0.05, 0.1) is 0 Å². The normalized spacial score (nSPS) is 32.8. The SMILES string of the molecule is Cc1onc(-c2ccccc2)c1C(=O)NC1C2CC3CC(C2)CC1C3. The van der Waals surface area contributed by atoms with E-state index in [4.69, 9.17) is 4.52 Å². The first-order valence-electron chi connectivity index (χ1n) is 9.51. The van der Waals surface area contributed by atoms with Crippen LogP contribution in [0.5, 0.6) is 0 Å². The van der Waals surface area contributed by atoms with Gasteiger partial charge in [-0.1, -0.05) is 35.5 Å². The molecule has 4 heteroatoms. The Balaban J connectivity index is 1.41. The number of rotatable bonds is 3. The second-order valence-corrected chi connectivity index (χ2v) is 8.26. The molecular weight excluding hydrogens is 312 g/mol. The number of hydrogen-bond acceptors (Lipinski definition) is 3. The maximum atomic E-state index is 13.1. The fourth-order valence-electron chi connectivity index (χ4n) is 5.82. The average molecular weight is 336 g/mol. The summed E-state index contributed by atoms with van der Waals surface area (Å²) in [4.78, 5) is 13.1. The predicted octanol–water partition coefficient (Wildman–Crippen LogP) is 4.20. The maximum absolute atomic E-state index is 13.1. The summed E-state index contributed by atoms with van der Waals surface area (Å²) < 4.78 is 5.37. The van der Waals surface area contributed by atoms with E-state index in [9.17, 15) is 4.79 Å². The molecule has 6 rings (SSSR count). The van der Waals surface area contributed by atoms with Crippen molar-refractivity contribution in [1.82, 2.24) is 10.5 Å². The zero-order chi connectivity index (χ0) is 17.0. The Bertz CT molecular complexity index is 767. The first-order chi connectivity index (χ1) is 12.2. The molecule has 0 spiro atoms. The minimum Gasteiger partial charge on any atom is -0.360 e. The molecule has 0 saturated heterocycles. The van der Waals surface area contributed by atoms with Crippen LogP contribution in [0.1, 0.15) is 48.2 Å². The largest absolute Gasteiger partial charge is 0.360 e. The molecule has 4 fully saturated rings. The third kappa shape index (κ3) is 2.50. The fraction of sp³-hybridized carbons (Fsp3) is 0.524. The van der Waals surface area contributed by atoms with Crippen molar-refractivity contribution in [2.24, 2.45) is 23.7 Å². The lowest BCUT2D eigenvalue weighted by atomic mass is 9.54. The molecule has 25 heavy (non-hydrogen) atoms. The van der Waals surface area contributed by atoms with Crippen molar-refractivity contribution >= 4 is 5.91 Å². The van der Waals surface area contributed by atoms with Gasteiger partial charge in [0.2, 0.25) is 0 Å². The van der Waals surface area contributed by atoms with Crippen molar-refractivity contribution in [1.29, 1.82) is 0 Å². The molecule has 1 aromatic heterocycles. The molecule has 4 bridgehead atoms. The molecule has 0 unspecified atom stereocenters. The minimum atomic E-state index is -0.0184. The molecule has 0 radical (unpaired) electrons. The van der Waals surface area contributed by atoms with E-state index in [-0.39, 0.29) is 5.91 Å². The van der Waals surface area contributed by atoms with E-state index in [1.807, 2.05) is 37.3 Å². The standard InChI is InChI=1S/C21H24N2O2/c1-12-18(20(23-25-12)15-5-3-2-4-6-15)21(24)22-19-16-8-13-7-14(10-16)11-17(19)9-13/h2-6,13-14,16-17,19H,7-11H2,1H3,(H,22,24). The zero-order valence-electron chi connectivity index (χ0n) is 14.6. The van der Waals surface area contributed by atoms with Crippen molar-refractivity contribution in [2.45, 2.75) is 45.1 Å². The molecule has 4 nitrogen and oxygen atoms in total. The molecule has 1 amide bonds. The summed E-state index contributed by atoms with van der Waals surface area (Å²) >= 11 is 0. The summed E-state index contributed by atoms with van der Waals surface area (Å²) in [7, 11) is 0. The molecule has 4 aliphatic carbocycles. The Morgan fingerprint density at radius 1 is 1.04 bits per heavy atom. The quantitative estimate of drug-likeness (QED) is 0.914. The van der Waals surface area contributed by atoms with Crippen molar-refractivity contribution < 1.29 is 9.32 Å². The number of nitrogens with one attached hydrogen (secondary N) is 1. The first kappa shape index (κ1) is 15.2. The lowest BCUT2D eigenvalue weighted by Gasteiger charge is -2.54. The van der Waals surface area contributed by atoms with Crippen molar-refractivity contribution in [3.05, 3.63) is 41.7 Å². The number of carbonyl (C=O) groups is 1. The van der Waals surface area contributed by atoms with Gasteiger partial charge in [-0.3, -0.25) is 4.79 Å². The molecule has 4 aliphatic rings. The van der Waals surface area contributed by atoms with Crippen LogP contribution in [-0.4, -0.2) is 17.1 Å². The van der Waals surface area contributed by atoms with Gasteiger partial charge in [0.15, 0.2) is 0 Å². The second-order valence-electron chi connectivity index (χ2n) is 8.26. The van der Waals surface area contributed by atoms with Crippen molar-refractivity contribution in [3.63, 3.8) is 0 Å². The van der Waals surface area contributed by atoms with Crippen LogP contribution in [0.4, 0.5) is 0 Å². The minimum absolute atomic E-state index is 0.0184. The Kier molecular flexibility index (Phi) is 3.47. The molecule has 1 aromatic carbocycles. The number of nitrogens with zero attached hydrogens (tertiary/aromatic N) is 1. The molecule has 1 N–H and O–H groups in total. The summed E-state index contributed by atoms with van der Waals surface area (Å²) in [6.45, 7) is 1.82. The Morgan fingerprint density at radius 3 is 2.32 bits per heavy atom. The van der Waals surface area contributed by atoms with Gasteiger partial charge in [-0.2, -0.15) is 0 Å². The van der Waals surface area contributed by atoms with Gasteiger partial charge in [-0.05, 0) is 62.7 Å². The monoisotopic (exact) mass is 336 g/mol. The number of aromatic nitrogens is 1. The molecule has 0 atom stereocenters. The van der Waals surface area contributed by atoms with Gasteiger partial charge in [-0.15, -0.1) is 0 Å². The van der Waals surface area contributed by atoms with Gasteiger partial charge in [-0.25, -0.2) is 0 Å². The maximum Gasteiger partial charge on any atom is 0.257 e. The Labute approximate surface area is 148 Å². The van der Waals surface area contributed by atoms with Crippen LogP contribution in [0.2, 0.25) is 0 Å². The van der Waals surface area contributed by atoms with E-state index >= 15 is 0 Å². The predicted molar refractivity (Wildman–Crippen MR) is 95.0 cm³/mol. The van der Waals surface area contributed by atoms with Crippen molar-refractivity contribution in [2.75, 3.05) is 0 Å². The summed E-state index contributed by atoms with van der Waals surface area (Å²) in [6.07, 6.45) is 6.62. The van der Waals surface area contributed by atoms with Crippen LogP contribution >= 0.6 is 0 Å². The van der Waals surface area contributed by atoms with Crippen LogP contribution in [0.25, 0.3) is 11.3 Å². The molecule has 1 heterocycles. The highest BCUT2D eigenvalue weighted by atomic mass is 16.5.